The molecule has 3 rings (SSSR count). The zero-order valence-corrected chi connectivity index (χ0v) is 15.6. The van der Waals surface area contributed by atoms with Gasteiger partial charge in [-0.1, -0.05) is 62.9 Å². The van der Waals surface area contributed by atoms with E-state index in [9.17, 15) is 0 Å². The van der Waals surface area contributed by atoms with Crippen molar-refractivity contribution >= 4 is 53.3 Å². The molecule has 0 radical (unpaired) electrons. The highest BCUT2D eigenvalue weighted by atomic mass is 79.9. The van der Waals surface area contributed by atoms with Crippen molar-refractivity contribution in [3.63, 3.8) is 0 Å². The van der Waals surface area contributed by atoms with Crippen LogP contribution >= 0.6 is 43.2 Å². The summed E-state index contributed by atoms with van der Waals surface area (Å²) in [5, 5.41) is 6.03. The maximum Gasteiger partial charge on any atom is 0.0345 e. The van der Waals surface area contributed by atoms with Crippen LogP contribution in [0.15, 0.2) is 29.6 Å². The number of thiophene rings is 1. The van der Waals surface area contributed by atoms with Crippen molar-refractivity contribution in [1.82, 2.24) is 0 Å². The van der Waals surface area contributed by atoms with Crippen molar-refractivity contribution in [3.8, 4) is 0 Å². The number of hydrogen-bond donors (Lipinski definition) is 0. The van der Waals surface area contributed by atoms with Gasteiger partial charge in [-0.2, -0.15) is 0 Å². The van der Waals surface area contributed by atoms with E-state index in [-0.39, 0.29) is 0 Å². The lowest BCUT2D eigenvalue weighted by Gasteiger charge is -2.36. The van der Waals surface area contributed by atoms with Gasteiger partial charge < -0.3 is 0 Å². The molecule has 0 amide bonds. The average Bonchev–Trinajstić information content (AvgIpc) is 3.15. The van der Waals surface area contributed by atoms with Crippen molar-refractivity contribution in [3.05, 3.63) is 35.2 Å². The molecule has 0 nitrogen and oxygen atoms in total. The zero-order valence-electron chi connectivity index (χ0n) is 11.6. The molecular weight excluding hydrogens is 396 g/mol. The molecule has 1 aromatic carbocycles. The van der Waals surface area contributed by atoms with Crippen LogP contribution in [-0.2, 0) is 6.42 Å². The minimum Gasteiger partial charge on any atom is -0.144 e. The van der Waals surface area contributed by atoms with E-state index in [1.807, 2.05) is 11.3 Å². The molecule has 0 aliphatic heterocycles. The summed E-state index contributed by atoms with van der Waals surface area (Å²) in [4.78, 5) is 0. The van der Waals surface area contributed by atoms with E-state index >= 15 is 0 Å². The maximum absolute atomic E-state index is 3.83. The van der Waals surface area contributed by atoms with Gasteiger partial charge in [-0.25, -0.2) is 0 Å². The first kappa shape index (κ1) is 15.1. The molecule has 1 heterocycles. The lowest BCUT2D eigenvalue weighted by atomic mass is 9.73. The SMILES string of the molecule is BrCC(CBr)(Cc1csc2ccccc12)C1CCCC1. The quantitative estimate of drug-likeness (QED) is 0.494. The molecule has 0 N–H and O–H groups in total. The molecule has 1 fully saturated rings. The second-order valence-electron chi connectivity index (χ2n) is 6.04. The predicted octanol–water partition coefficient (Wildman–Crippen LogP) is 6.41. The third kappa shape index (κ3) is 2.74. The van der Waals surface area contributed by atoms with Crippen molar-refractivity contribution in [2.24, 2.45) is 11.3 Å². The number of alkyl halides is 2. The fraction of sp³-hybridized carbons (Fsp3) is 0.529. The van der Waals surface area contributed by atoms with Crippen molar-refractivity contribution < 1.29 is 0 Å². The normalized spacial score (nSPS) is 17.1. The summed E-state index contributed by atoms with van der Waals surface area (Å²) in [5.41, 5.74) is 1.91. The van der Waals surface area contributed by atoms with Gasteiger partial charge in [-0.05, 0) is 53.0 Å². The Balaban J connectivity index is 1.93. The molecule has 0 bridgehead atoms. The van der Waals surface area contributed by atoms with Crippen molar-refractivity contribution in [1.29, 1.82) is 0 Å². The minimum atomic E-state index is 0.375. The highest BCUT2D eigenvalue weighted by Gasteiger charge is 2.39. The molecule has 0 unspecified atom stereocenters. The number of rotatable bonds is 5. The number of hydrogen-bond acceptors (Lipinski definition) is 1. The Morgan fingerprint density at radius 2 is 1.80 bits per heavy atom. The molecule has 1 saturated carbocycles. The molecular formula is C17H20Br2S. The number of fused-ring (bicyclic) bond motifs is 1. The van der Waals surface area contributed by atoms with E-state index in [0.29, 0.717) is 5.41 Å². The molecule has 20 heavy (non-hydrogen) atoms. The molecule has 3 heteroatoms. The molecule has 1 aliphatic rings. The molecule has 0 atom stereocenters. The molecule has 0 spiro atoms. The largest absolute Gasteiger partial charge is 0.144 e. The van der Waals surface area contributed by atoms with Gasteiger partial charge in [-0.15, -0.1) is 11.3 Å². The standard InChI is InChI=1S/C17H20Br2S/c18-11-17(12-19,14-5-1-2-6-14)9-13-10-20-16-8-4-3-7-15(13)16/h3-4,7-8,10,14H,1-2,5-6,9,11-12H2. The van der Waals surface area contributed by atoms with Crippen LogP contribution in [0.25, 0.3) is 10.1 Å². The zero-order chi connectivity index (χ0) is 14.0. The molecule has 0 saturated heterocycles. The van der Waals surface area contributed by atoms with Crippen LogP contribution < -0.4 is 0 Å². The summed E-state index contributed by atoms with van der Waals surface area (Å²) in [6, 6.07) is 8.83. The van der Waals surface area contributed by atoms with Crippen LogP contribution in [0.4, 0.5) is 0 Å². The van der Waals surface area contributed by atoms with Gasteiger partial charge in [0.15, 0.2) is 0 Å². The van der Waals surface area contributed by atoms with E-state index in [0.717, 1.165) is 16.6 Å². The topological polar surface area (TPSA) is 0 Å². The summed E-state index contributed by atoms with van der Waals surface area (Å²) in [6.07, 6.45) is 6.82. The van der Waals surface area contributed by atoms with Gasteiger partial charge >= 0.3 is 0 Å². The summed E-state index contributed by atoms with van der Waals surface area (Å²) >= 11 is 9.54. The predicted molar refractivity (Wildman–Crippen MR) is 97.5 cm³/mol. The van der Waals surface area contributed by atoms with Gasteiger partial charge in [0.25, 0.3) is 0 Å². The number of halogens is 2. The highest BCUT2D eigenvalue weighted by Crippen LogP contribution is 2.46. The van der Waals surface area contributed by atoms with Gasteiger partial charge in [0, 0.05) is 15.4 Å². The van der Waals surface area contributed by atoms with Gasteiger partial charge in [0.2, 0.25) is 0 Å². The van der Waals surface area contributed by atoms with Gasteiger partial charge in [-0.3, -0.25) is 0 Å². The third-order valence-electron chi connectivity index (χ3n) is 4.86. The second kappa shape index (κ2) is 6.50. The van der Waals surface area contributed by atoms with E-state index in [1.165, 1.54) is 47.8 Å². The van der Waals surface area contributed by atoms with Gasteiger partial charge in [0.05, 0.1) is 0 Å². The van der Waals surface area contributed by atoms with Crippen LogP contribution in [0.3, 0.4) is 0 Å². The van der Waals surface area contributed by atoms with E-state index in [1.54, 1.807) is 0 Å². The lowest BCUT2D eigenvalue weighted by Crippen LogP contribution is -2.35. The van der Waals surface area contributed by atoms with E-state index < -0.39 is 0 Å². The summed E-state index contributed by atoms with van der Waals surface area (Å²) in [7, 11) is 0. The van der Waals surface area contributed by atoms with Crippen LogP contribution in [0.2, 0.25) is 0 Å². The maximum atomic E-state index is 3.83. The Kier molecular flexibility index (Phi) is 4.89. The number of benzene rings is 1. The fourth-order valence-electron chi connectivity index (χ4n) is 3.58. The summed E-state index contributed by atoms with van der Waals surface area (Å²) < 4.78 is 1.42. The molecule has 1 aromatic heterocycles. The first-order valence-electron chi connectivity index (χ1n) is 7.36. The summed E-state index contributed by atoms with van der Waals surface area (Å²) in [6.45, 7) is 0. The Morgan fingerprint density at radius 3 is 2.50 bits per heavy atom. The third-order valence-corrected chi connectivity index (χ3v) is 8.10. The highest BCUT2D eigenvalue weighted by molar-refractivity contribution is 9.09. The Hall–Kier alpha value is 0.140. The van der Waals surface area contributed by atoms with Crippen molar-refractivity contribution in [2.45, 2.75) is 32.1 Å². The fourth-order valence-corrected chi connectivity index (χ4v) is 6.78. The smallest absolute Gasteiger partial charge is 0.0345 e. The molecule has 108 valence electrons. The van der Waals surface area contributed by atoms with Crippen LogP contribution in [-0.4, -0.2) is 10.7 Å². The van der Waals surface area contributed by atoms with Gasteiger partial charge in [0.1, 0.15) is 0 Å². The first-order valence-corrected chi connectivity index (χ1v) is 10.5. The Bertz CT molecular complexity index is 565. The monoisotopic (exact) mass is 414 g/mol. The Labute approximate surface area is 142 Å². The second-order valence-corrected chi connectivity index (χ2v) is 8.08. The van der Waals surface area contributed by atoms with Crippen molar-refractivity contribution in [2.75, 3.05) is 10.7 Å². The average molecular weight is 416 g/mol. The van der Waals surface area contributed by atoms with E-state index in [2.05, 4.69) is 61.5 Å². The van der Waals surface area contributed by atoms with E-state index in [4.69, 9.17) is 0 Å². The molecule has 1 aliphatic carbocycles. The van der Waals surface area contributed by atoms with Crippen LogP contribution in [0.5, 0.6) is 0 Å². The van der Waals surface area contributed by atoms with Crippen LogP contribution in [0.1, 0.15) is 31.2 Å². The minimum absolute atomic E-state index is 0.375. The summed E-state index contributed by atoms with van der Waals surface area (Å²) in [5.74, 6) is 0.861. The lowest BCUT2D eigenvalue weighted by molar-refractivity contribution is 0.234. The molecule has 2 aromatic rings. The first-order chi connectivity index (χ1) is 9.79. The Morgan fingerprint density at radius 1 is 1.10 bits per heavy atom. The van der Waals surface area contributed by atoms with Crippen LogP contribution in [0, 0.1) is 11.3 Å².